The average Bonchev–Trinajstić information content (AvgIpc) is 2.57. The van der Waals surface area contributed by atoms with Crippen molar-refractivity contribution in [2.75, 3.05) is 13.2 Å². The predicted molar refractivity (Wildman–Crippen MR) is 137 cm³/mol. The first kappa shape index (κ1) is 31.6. The van der Waals surface area contributed by atoms with Crippen LogP contribution in [-0.2, 0) is 27.2 Å². The molecule has 8 nitrogen and oxygen atoms in total. The Kier molecular flexibility index (Phi) is 14.1. The van der Waals surface area contributed by atoms with E-state index >= 15 is 0 Å². The second kappa shape index (κ2) is 14.8. The van der Waals surface area contributed by atoms with Gasteiger partial charge in [-0.05, 0) is 78.1 Å². The monoisotopic (exact) mass is 520 g/mol. The van der Waals surface area contributed by atoms with Crippen molar-refractivity contribution in [3.05, 3.63) is 24.7 Å². The summed E-state index contributed by atoms with van der Waals surface area (Å²) < 4.78 is 32.8. The number of unbranched alkanes of at least 4 members (excludes halogenated alkanes) is 2. The van der Waals surface area contributed by atoms with Crippen molar-refractivity contribution >= 4 is 37.5 Å². The highest BCUT2D eigenvalue weighted by Gasteiger charge is 2.39. The predicted octanol–water partition coefficient (Wildman–Crippen LogP) is 7.07. The van der Waals surface area contributed by atoms with Crippen LogP contribution in [0.1, 0.15) is 39.5 Å². The highest BCUT2D eigenvalue weighted by atomic mass is 28.5. The van der Waals surface area contributed by atoms with E-state index < -0.39 is 37.5 Å². The van der Waals surface area contributed by atoms with Crippen LogP contribution in [0.25, 0.3) is 0 Å². The molecular weight excluding hydrogens is 476 g/mol. The van der Waals surface area contributed by atoms with Crippen LogP contribution in [0.15, 0.2) is 24.7 Å². The summed E-state index contributed by atoms with van der Waals surface area (Å²) >= 11 is 0. The van der Waals surface area contributed by atoms with E-state index in [1.54, 1.807) is 13.8 Å². The normalized spacial score (nSPS) is 12.1. The highest BCUT2D eigenvalue weighted by molar-refractivity contribution is 6.87. The molecule has 0 N–H and O–H groups in total. The van der Waals surface area contributed by atoms with Gasteiger partial charge in [0.25, 0.3) is 0 Å². The Hall–Kier alpha value is -1.41. The quantitative estimate of drug-likeness (QED) is 0.0924. The first-order valence-corrected chi connectivity index (χ1v) is 20.5. The zero-order valence-electron chi connectivity index (χ0n) is 21.8. The minimum atomic E-state index is -2.29. The van der Waals surface area contributed by atoms with Gasteiger partial charge in [-0.2, -0.15) is 0 Å². The van der Waals surface area contributed by atoms with Crippen LogP contribution in [0.5, 0.6) is 0 Å². The first-order chi connectivity index (χ1) is 15.0. The van der Waals surface area contributed by atoms with Gasteiger partial charge in [-0.15, -0.1) is 0 Å². The van der Waals surface area contributed by atoms with Crippen molar-refractivity contribution in [2.45, 2.75) is 90.9 Å². The van der Waals surface area contributed by atoms with Gasteiger partial charge in [-0.3, -0.25) is 0 Å². The van der Waals surface area contributed by atoms with Crippen molar-refractivity contribution in [3.8, 4) is 0 Å². The fourth-order valence-electron chi connectivity index (χ4n) is 3.41. The van der Waals surface area contributed by atoms with Gasteiger partial charge in [-0.1, -0.05) is 26.0 Å². The van der Waals surface area contributed by atoms with Crippen molar-refractivity contribution < 1.29 is 36.8 Å². The molecule has 11 heteroatoms. The maximum Gasteiger partial charge on any atom is 0.513 e. The lowest BCUT2D eigenvalue weighted by Crippen LogP contribution is -2.52. The van der Waals surface area contributed by atoms with Crippen LogP contribution in [-0.4, -0.2) is 50.7 Å². The summed E-state index contributed by atoms with van der Waals surface area (Å²) in [6, 6.07) is 1.93. The van der Waals surface area contributed by atoms with Crippen LogP contribution < -0.4 is 0 Å². The van der Waals surface area contributed by atoms with E-state index in [1.807, 2.05) is 0 Å². The molecule has 0 aromatic heterocycles. The number of carbonyl (C=O) groups is 2. The zero-order valence-corrected chi connectivity index (χ0v) is 24.8. The summed E-state index contributed by atoms with van der Waals surface area (Å²) in [5, 5.41) is 0. The molecule has 192 valence electrons. The Morgan fingerprint density at radius 1 is 0.636 bits per heavy atom. The molecule has 0 aliphatic heterocycles. The van der Waals surface area contributed by atoms with Gasteiger partial charge in [0.2, 0.25) is 0 Å². The molecule has 0 spiro atoms. The van der Waals surface area contributed by atoms with Gasteiger partial charge < -0.3 is 27.2 Å². The van der Waals surface area contributed by atoms with Crippen LogP contribution in [0.3, 0.4) is 0 Å². The molecule has 0 rings (SSSR count). The molecule has 0 aliphatic rings. The molecule has 0 bridgehead atoms. The van der Waals surface area contributed by atoms with Gasteiger partial charge in [-0.25, -0.2) is 9.59 Å². The second-order valence-electron chi connectivity index (χ2n) is 9.84. The van der Waals surface area contributed by atoms with Gasteiger partial charge in [0, 0.05) is 0 Å². The molecular formula is C22H44O8Si3. The van der Waals surface area contributed by atoms with E-state index in [-0.39, 0.29) is 0 Å². The average molecular weight is 521 g/mol. The molecule has 0 aromatic carbocycles. The Morgan fingerprint density at radius 3 is 1.27 bits per heavy atom. The van der Waals surface area contributed by atoms with Gasteiger partial charge in [0.1, 0.15) is 11.5 Å². The topological polar surface area (TPSA) is 89.5 Å². The lowest BCUT2D eigenvalue weighted by Gasteiger charge is -2.38. The molecule has 0 aromatic rings. The Morgan fingerprint density at radius 2 is 0.970 bits per heavy atom. The first-order valence-electron chi connectivity index (χ1n) is 11.4. The molecule has 0 saturated carbocycles. The summed E-state index contributed by atoms with van der Waals surface area (Å²) in [6.45, 7) is 23.9. The number of carbonyl (C=O) groups excluding carboxylic acids is 2. The van der Waals surface area contributed by atoms with Gasteiger partial charge in [0.15, 0.2) is 16.6 Å². The number of ether oxygens (including phenoxy) is 4. The van der Waals surface area contributed by atoms with Crippen LogP contribution in [0, 0.1) is 0 Å². The number of allylic oxidation sites excluding steroid dienone is 2. The fraction of sp³-hybridized carbons (Fsp3) is 0.727. The summed E-state index contributed by atoms with van der Waals surface area (Å²) in [5.74, 6) is 0.634. The molecule has 0 fully saturated rings. The van der Waals surface area contributed by atoms with E-state index in [0.29, 0.717) is 24.7 Å². The molecule has 0 atom stereocenters. The molecule has 0 aliphatic carbocycles. The summed E-state index contributed by atoms with van der Waals surface area (Å²) in [7, 11) is -6.13. The Bertz CT molecular complexity index is 608. The van der Waals surface area contributed by atoms with E-state index in [2.05, 4.69) is 52.4 Å². The third-order valence-corrected chi connectivity index (χ3v) is 15.8. The molecule has 0 heterocycles. The summed E-state index contributed by atoms with van der Waals surface area (Å²) in [5.41, 5.74) is 0. The van der Waals surface area contributed by atoms with Gasteiger partial charge >= 0.3 is 20.9 Å². The molecule has 33 heavy (non-hydrogen) atoms. The second-order valence-corrected chi connectivity index (χ2v) is 22.3. The van der Waals surface area contributed by atoms with Crippen LogP contribution in [0.2, 0.25) is 51.4 Å². The highest BCUT2D eigenvalue weighted by Crippen LogP contribution is 2.26. The van der Waals surface area contributed by atoms with E-state index in [1.165, 1.54) is 0 Å². The number of rotatable bonds is 16. The van der Waals surface area contributed by atoms with Crippen molar-refractivity contribution in [1.82, 2.24) is 0 Å². The lowest BCUT2D eigenvalue weighted by molar-refractivity contribution is 0.0755. The third-order valence-electron chi connectivity index (χ3n) is 4.35. The largest absolute Gasteiger partial charge is 0.513 e. The van der Waals surface area contributed by atoms with E-state index in [9.17, 15) is 9.59 Å². The maximum absolute atomic E-state index is 11.4. The molecule has 0 amide bonds. The van der Waals surface area contributed by atoms with Crippen molar-refractivity contribution in [3.63, 3.8) is 0 Å². The van der Waals surface area contributed by atoms with Crippen LogP contribution >= 0.6 is 0 Å². The summed E-state index contributed by atoms with van der Waals surface area (Å²) in [4.78, 5) is 22.7. The number of hydrogen-bond acceptors (Lipinski definition) is 8. The molecule has 0 radical (unpaired) electrons. The van der Waals surface area contributed by atoms with E-state index in [0.717, 1.165) is 37.8 Å². The zero-order chi connectivity index (χ0) is 25.7. The van der Waals surface area contributed by atoms with Gasteiger partial charge in [0.05, 0.1) is 13.2 Å². The number of hydrogen-bond donors (Lipinski definition) is 0. The third kappa shape index (κ3) is 18.7. The van der Waals surface area contributed by atoms with Crippen molar-refractivity contribution in [2.24, 2.45) is 0 Å². The summed E-state index contributed by atoms with van der Waals surface area (Å²) in [6.07, 6.45) is 1.94. The van der Waals surface area contributed by atoms with Crippen molar-refractivity contribution in [1.29, 1.82) is 0 Å². The Balaban J connectivity index is 4.28. The van der Waals surface area contributed by atoms with E-state index in [4.69, 9.17) is 27.2 Å². The minimum absolute atomic E-state index is 0.317. The molecule has 0 unspecified atom stereocenters. The van der Waals surface area contributed by atoms with Crippen LogP contribution in [0.4, 0.5) is 9.59 Å². The minimum Gasteiger partial charge on any atom is -0.437 e. The standard InChI is InChI=1S/C22H44O8Si3/c1-19(2)27-21(23)25-15-11-13-17-31(5,6)29-33(9,10)30-32(7,8)18-14-12-16-26-22(24)28-20(3)4/h1,3,11-18H2,2,4-10H3. The fourth-order valence-corrected chi connectivity index (χ4v) is 17.6. The molecule has 0 saturated heterocycles. The Labute approximate surface area is 203 Å². The lowest BCUT2D eigenvalue weighted by atomic mass is 10.4. The SMILES string of the molecule is C=C(C)OC(=O)OCCCC[Si](C)(C)O[Si](C)(C)O[Si](C)(C)CCCCOC(=O)OC(=C)C. The maximum atomic E-state index is 11.4. The smallest absolute Gasteiger partial charge is 0.437 e.